The van der Waals surface area contributed by atoms with Crippen LogP contribution >= 0.6 is 0 Å². The molecule has 1 saturated heterocycles. The third-order valence-electron chi connectivity index (χ3n) is 2.77. The van der Waals surface area contributed by atoms with Gasteiger partial charge in [0.1, 0.15) is 0 Å². The molecular formula is C9H17NO3. The van der Waals surface area contributed by atoms with E-state index in [9.17, 15) is 4.79 Å². The average Bonchev–Trinajstić information content (AvgIpc) is 2.10. The van der Waals surface area contributed by atoms with Crippen LogP contribution in [0.5, 0.6) is 0 Å². The van der Waals surface area contributed by atoms with Gasteiger partial charge in [-0.2, -0.15) is 0 Å². The van der Waals surface area contributed by atoms with Crippen molar-refractivity contribution in [3.8, 4) is 0 Å². The first-order chi connectivity index (χ1) is 6.12. The van der Waals surface area contributed by atoms with Gasteiger partial charge in [-0.1, -0.05) is 6.92 Å². The molecule has 1 aliphatic heterocycles. The van der Waals surface area contributed by atoms with E-state index in [1.54, 1.807) is 0 Å². The Morgan fingerprint density at radius 1 is 1.69 bits per heavy atom. The SMILES string of the molecule is COC(=O)CC(CN)C1(C)COC1. The van der Waals surface area contributed by atoms with Crippen LogP contribution in [-0.4, -0.2) is 32.8 Å². The normalized spacial score (nSPS) is 21.8. The van der Waals surface area contributed by atoms with Crippen molar-refractivity contribution in [3.05, 3.63) is 0 Å². The smallest absolute Gasteiger partial charge is 0.305 e. The van der Waals surface area contributed by atoms with E-state index in [0.717, 1.165) is 0 Å². The Bertz CT molecular complexity index is 189. The van der Waals surface area contributed by atoms with Crippen LogP contribution in [0, 0.1) is 11.3 Å². The van der Waals surface area contributed by atoms with Gasteiger partial charge in [-0.25, -0.2) is 0 Å². The molecule has 0 aromatic rings. The number of methoxy groups -OCH3 is 1. The summed E-state index contributed by atoms with van der Waals surface area (Å²) >= 11 is 0. The second kappa shape index (κ2) is 4.07. The maximum Gasteiger partial charge on any atom is 0.305 e. The Labute approximate surface area is 78.4 Å². The van der Waals surface area contributed by atoms with Crippen molar-refractivity contribution in [2.24, 2.45) is 17.1 Å². The first kappa shape index (κ1) is 10.5. The molecule has 0 amide bonds. The molecule has 0 aromatic carbocycles. The van der Waals surface area contributed by atoms with E-state index in [1.807, 2.05) is 0 Å². The molecule has 1 heterocycles. The fraction of sp³-hybridized carbons (Fsp3) is 0.889. The molecule has 0 spiro atoms. The predicted octanol–water partition coefficient (Wildman–Crippen LogP) is 0.161. The number of nitrogens with two attached hydrogens (primary N) is 1. The van der Waals surface area contributed by atoms with Crippen LogP contribution in [0.4, 0.5) is 0 Å². The molecule has 1 atom stereocenters. The van der Waals surface area contributed by atoms with Gasteiger partial charge in [-0.05, 0) is 12.5 Å². The number of ether oxygens (including phenoxy) is 2. The van der Waals surface area contributed by atoms with Crippen molar-refractivity contribution in [3.63, 3.8) is 0 Å². The topological polar surface area (TPSA) is 61.5 Å². The molecule has 1 rings (SSSR count). The molecule has 4 heteroatoms. The highest BCUT2D eigenvalue weighted by molar-refractivity contribution is 5.69. The summed E-state index contributed by atoms with van der Waals surface area (Å²) in [5, 5.41) is 0. The van der Waals surface area contributed by atoms with Gasteiger partial charge >= 0.3 is 5.97 Å². The minimum absolute atomic E-state index is 0.0724. The van der Waals surface area contributed by atoms with Crippen molar-refractivity contribution in [1.29, 1.82) is 0 Å². The summed E-state index contributed by atoms with van der Waals surface area (Å²) in [5.74, 6) is -0.0164. The monoisotopic (exact) mass is 187 g/mol. The van der Waals surface area contributed by atoms with Gasteiger partial charge in [0.25, 0.3) is 0 Å². The lowest BCUT2D eigenvalue weighted by atomic mass is 9.74. The minimum atomic E-state index is -0.191. The summed E-state index contributed by atoms with van der Waals surface area (Å²) in [5.41, 5.74) is 5.68. The van der Waals surface area contributed by atoms with Crippen molar-refractivity contribution in [1.82, 2.24) is 0 Å². The van der Waals surface area contributed by atoms with Gasteiger partial charge in [0, 0.05) is 5.41 Å². The predicted molar refractivity (Wildman–Crippen MR) is 48.1 cm³/mol. The molecule has 13 heavy (non-hydrogen) atoms. The average molecular weight is 187 g/mol. The van der Waals surface area contributed by atoms with Crippen molar-refractivity contribution < 1.29 is 14.3 Å². The van der Waals surface area contributed by atoms with Crippen LogP contribution in [-0.2, 0) is 14.3 Å². The molecule has 0 bridgehead atoms. The van der Waals surface area contributed by atoms with E-state index in [0.29, 0.717) is 26.2 Å². The number of carbonyl (C=O) groups is 1. The Hall–Kier alpha value is -0.610. The zero-order valence-electron chi connectivity index (χ0n) is 8.21. The molecule has 1 unspecified atom stereocenters. The number of hydrogen-bond acceptors (Lipinski definition) is 4. The van der Waals surface area contributed by atoms with E-state index in [2.05, 4.69) is 11.7 Å². The summed E-state index contributed by atoms with van der Waals surface area (Å²) in [6.07, 6.45) is 0.396. The molecule has 2 N–H and O–H groups in total. The van der Waals surface area contributed by atoms with Gasteiger partial charge < -0.3 is 15.2 Å². The fourth-order valence-corrected chi connectivity index (χ4v) is 1.56. The Kier molecular flexibility index (Phi) is 3.27. The fourth-order valence-electron chi connectivity index (χ4n) is 1.56. The molecule has 0 radical (unpaired) electrons. The van der Waals surface area contributed by atoms with E-state index in [-0.39, 0.29) is 17.3 Å². The highest BCUT2D eigenvalue weighted by Crippen LogP contribution is 2.36. The summed E-state index contributed by atoms with van der Waals surface area (Å²) < 4.78 is 9.74. The molecule has 4 nitrogen and oxygen atoms in total. The van der Waals surface area contributed by atoms with E-state index in [1.165, 1.54) is 7.11 Å². The van der Waals surface area contributed by atoms with Crippen LogP contribution < -0.4 is 5.73 Å². The number of esters is 1. The van der Waals surface area contributed by atoms with Gasteiger partial charge in [-0.15, -0.1) is 0 Å². The second-order valence-electron chi connectivity index (χ2n) is 3.86. The Morgan fingerprint density at radius 2 is 2.31 bits per heavy atom. The number of carbonyl (C=O) groups excluding carboxylic acids is 1. The molecular weight excluding hydrogens is 170 g/mol. The second-order valence-corrected chi connectivity index (χ2v) is 3.86. The minimum Gasteiger partial charge on any atom is -0.469 e. The van der Waals surface area contributed by atoms with Gasteiger partial charge in [0.15, 0.2) is 0 Å². The van der Waals surface area contributed by atoms with Crippen molar-refractivity contribution in [2.45, 2.75) is 13.3 Å². The summed E-state index contributed by atoms with van der Waals surface area (Å²) in [4.78, 5) is 11.0. The maximum absolute atomic E-state index is 11.0. The van der Waals surface area contributed by atoms with Gasteiger partial charge in [-0.3, -0.25) is 4.79 Å². The largest absolute Gasteiger partial charge is 0.469 e. The third-order valence-corrected chi connectivity index (χ3v) is 2.77. The third kappa shape index (κ3) is 2.19. The first-order valence-electron chi connectivity index (χ1n) is 4.47. The lowest BCUT2D eigenvalue weighted by molar-refractivity contribution is -0.154. The van der Waals surface area contributed by atoms with Crippen LogP contribution in [0.1, 0.15) is 13.3 Å². The maximum atomic E-state index is 11.0. The van der Waals surface area contributed by atoms with Crippen LogP contribution in [0.3, 0.4) is 0 Å². The van der Waals surface area contributed by atoms with Crippen molar-refractivity contribution >= 4 is 5.97 Å². The Morgan fingerprint density at radius 3 is 2.62 bits per heavy atom. The lowest BCUT2D eigenvalue weighted by Gasteiger charge is -2.43. The summed E-state index contributed by atoms with van der Waals surface area (Å²) in [6, 6.07) is 0. The van der Waals surface area contributed by atoms with E-state index >= 15 is 0 Å². The van der Waals surface area contributed by atoms with Crippen LogP contribution in [0.15, 0.2) is 0 Å². The zero-order chi connectivity index (χ0) is 9.90. The molecule has 0 aromatic heterocycles. The standard InChI is InChI=1S/C9H17NO3/c1-9(5-13-6-9)7(4-10)3-8(11)12-2/h7H,3-6,10H2,1-2H3. The van der Waals surface area contributed by atoms with E-state index in [4.69, 9.17) is 10.5 Å². The molecule has 0 aliphatic carbocycles. The van der Waals surface area contributed by atoms with Crippen LogP contribution in [0.2, 0.25) is 0 Å². The first-order valence-corrected chi connectivity index (χ1v) is 4.47. The van der Waals surface area contributed by atoms with Crippen LogP contribution in [0.25, 0.3) is 0 Å². The molecule has 0 saturated carbocycles. The van der Waals surface area contributed by atoms with Gasteiger partial charge in [0.05, 0.1) is 26.7 Å². The highest BCUT2D eigenvalue weighted by Gasteiger charge is 2.41. The number of rotatable bonds is 4. The molecule has 1 aliphatic rings. The van der Waals surface area contributed by atoms with Gasteiger partial charge in [0.2, 0.25) is 0 Å². The highest BCUT2D eigenvalue weighted by atomic mass is 16.5. The van der Waals surface area contributed by atoms with E-state index < -0.39 is 0 Å². The quantitative estimate of drug-likeness (QED) is 0.637. The lowest BCUT2D eigenvalue weighted by Crippen LogP contribution is -2.49. The number of hydrogen-bond donors (Lipinski definition) is 1. The zero-order valence-corrected chi connectivity index (χ0v) is 8.21. The van der Waals surface area contributed by atoms with Crippen molar-refractivity contribution in [2.75, 3.05) is 26.9 Å². The Balaban J connectivity index is 2.47. The summed E-state index contributed by atoms with van der Waals surface area (Å²) in [6.45, 7) is 4.00. The molecule has 1 fully saturated rings. The molecule has 76 valence electrons. The summed E-state index contributed by atoms with van der Waals surface area (Å²) in [7, 11) is 1.40.